The van der Waals surface area contributed by atoms with Gasteiger partial charge < -0.3 is 5.11 Å². The van der Waals surface area contributed by atoms with Crippen molar-refractivity contribution in [2.45, 2.75) is 44.6 Å². The summed E-state index contributed by atoms with van der Waals surface area (Å²) < 4.78 is 2.95. The SMILES string of the molecule is CCc1nn(C)c(CC2(O)CCCc3ccccc32)c1Br. The lowest BCUT2D eigenvalue weighted by molar-refractivity contribution is 0.0171. The first-order valence-corrected chi connectivity index (χ1v) is 8.35. The monoisotopic (exact) mass is 348 g/mol. The van der Waals surface area contributed by atoms with E-state index >= 15 is 0 Å². The first-order valence-electron chi connectivity index (χ1n) is 7.56. The number of fused-ring (bicyclic) bond motifs is 1. The van der Waals surface area contributed by atoms with E-state index in [1.807, 2.05) is 17.8 Å². The Kier molecular flexibility index (Phi) is 3.93. The lowest BCUT2D eigenvalue weighted by Crippen LogP contribution is -2.33. The van der Waals surface area contributed by atoms with Crippen molar-refractivity contribution < 1.29 is 5.11 Å². The Morgan fingerprint density at radius 3 is 2.86 bits per heavy atom. The van der Waals surface area contributed by atoms with Crippen molar-refractivity contribution in [3.8, 4) is 0 Å². The number of rotatable bonds is 3. The predicted octanol–water partition coefficient (Wildman–Crippen LogP) is 3.51. The molecule has 0 spiro atoms. The van der Waals surface area contributed by atoms with Crippen molar-refractivity contribution in [3.05, 3.63) is 51.3 Å². The molecule has 21 heavy (non-hydrogen) atoms. The van der Waals surface area contributed by atoms with E-state index in [2.05, 4.69) is 46.2 Å². The molecule has 3 rings (SSSR count). The average Bonchev–Trinajstić information content (AvgIpc) is 2.75. The second kappa shape index (κ2) is 5.58. The van der Waals surface area contributed by atoms with Gasteiger partial charge in [0.2, 0.25) is 0 Å². The summed E-state index contributed by atoms with van der Waals surface area (Å²) in [6.45, 7) is 2.10. The van der Waals surface area contributed by atoms with Crippen LogP contribution in [0, 0.1) is 0 Å². The summed E-state index contributed by atoms with van der Waals surface area (Å²) in [4.78, 5) is 0. The quantitative estimate of drug-likeness (QED) is 0.921. The summed E-state index contributed by atoms with van der Waals surface area (Å²) >= 11 is 3.66. The summed E-state index contributed by atoms with van der Waals surface area (Å²) in [6.07, 6.45) is 4.40. The minimum atomic E-state index is -0.782. The maximum atomic E-state index is 11.2. The fourth-order valence-electron chi connectivity index (χ4n) is 3.37. The Labute approximate surface area is 134 Å². The topological polar surface area (TPSA) is 38.0 Å². The van der Waals surface area contributed by atoms with E-state index < -0.39 is 5.60 Å². The smallest absolute Gasteiger partial charge is 0.0954 e. The van der Waals surface area contributed by atoms with Crippen molar-refractivity contribution in [2.24, 2.45) is 7.05 Å². The van der Waals surface area contributed by atoms with Crippen LogP contribution in [0.4, 0.5) is 0 Å². The highest BCUT2D eigenvalue weighted by atomic mass is 79.9. The fraction of sp³-hybridized carbons (Fsp3) is 0.471. The molecule has 0 aliphatic heterocycles. The maximum Gasteiger partial charge on any atom is 0.0954 e. The van der Waals surface area contributed by atoms with Crippen molar-refractivity contribution in [3.63, 3.8) is 0 Å². The van der Waals surface area contributed by atoms with Gasteiger partial charge in [0.1, 0.15) is 0 Å². The molecule has 4 heteroatoms. The van der Waals surface area contributed by atoms with Crippen molar-refractivity contribution >= 4 is 15.9 Å². The molecular weight excluding hydrogens is 328 g/mol. The molecule has 1 atom stereocenters. The van der Waals surface area contributed by atoms with Crippen LogP contribution in [0.5, 0.6) is 0 Å². The zero-order valence-electron chi connectivity index (χ0n) is 12.6. The molecule has 0 saturated heterocycles. The molecule has 0 saturated carbocycles. The van der Waals surface area contributed by atoms with E-state index in [1.165, 1.54) is 5.56 Å². The van der Waals surface area contributed by atoms with Crippen LogP contribution in [-0.2, 0) is 31.9 Å². The molecule has 1 unspecified atom stereocenters. The molecule has 0 amide bonds. The van der Waals surface area contributed by atoms with Crippen LogP contribution in [0.25, 0.3) is 0 Å². The summed E-state index contributed by atoms with van der Waals surface area (Å²) in [5.74, 6) is 0. The largest absolute Gasteiger partial charge is 0.385 e. The minimum absolute atomic E-state index is 0.605. The molecule has 1 N–H and O–H groups in total. The van der Waals surface area contributed by atoms with Gasteiger partial charge in [0.25, 0.3) is 0 Å². The Morgan fingerprint density at radius 1 is 1.38 bits per heavy atom. The van der Waals surface area contributed by atoms with Crippen LogP contribution in [0.3, 0.4) is 0 Å². The minimum Gasteiger partial charge on any atom is -0.385 e. The fourth-order valence-corrected chi connectivity index (χ4v) is 4.13. The number of hydrogen-bond acceptors (Lipinski definition) is 2. The number of aliphatic hydroxyl groups is 1. The molecule has 1 aliphatic rings. The van der Waals surface area contributed by atoms with Gasteiger partial charge in [-0.15, -0.1) is 0 Å². The Morgan fingerprint density at radius 2 is 2.14 bits per heavy atom. The van der Waals surface area contributed by atoms with Gasteiger partial charge in [-0.25, -0.2) is 0 Å². The van der Waals surface area contributed by atoms with Crippen molar-refractivity contribution in [1.82, 2.24) is 9.78 Å². The molecule has 0 fully saturated rings. The summed E-state index contributed by atoms with van der Waals surface area (Å²) in [6, 6.07) is 8.28. The van der Waals surface area contributed by atoms with Crippen LogP contribution in [0.2, 0.25) is 0 Å². The molecule has 0 bridgehead atoms. The van der Waals surface area contributed by atoms with E-state index in [1.54, 1.807) is 0 Å². The van der Waals surface area contributed by atoms with Crippen molar-refractivity contribution in [2.75, 3.05) is 0 Å². The molecule has 1 aromatic heterocycles. The Balaban J connectivity index is 2.00. The first kappa shape index (κ1) is 14.8. The van der Waals surface area contributed by atoms with E-state index in [0.717, 1.165) is 47.1 Å². The third-order valence-corrected chi connectivity index (χ3v) is 5.43. The van der Waals surface area contributed by atoms with E-state index in [0.29, 0.717) is 6.42 Å². The normalized spacial score (nSPS) is 21.3. The highest BCUT2D eigenvalue weighted by Crippen LogP contribution is 2.39. The molecule has 0 radical (unpaired) electrons. The lowest BCUT2D eigenvalue weighted by atomic mass is 9.76. The lowest BCUT2D eigenvalue weighted by Gasteiger charge is -2.34. The maximum absolute atomic E-state index is 11.2. The van der Waals surface area contributed by atoms with E-state index in [9.17, 15) is 5.11 Å². The Hall–Kier alpha value is -1.13. The number of aromatic nitrogens is 2. The van der Waals surface area contributed by atoms with Crippen LogP contribution in [-0.4, -0.2) is 14.9 Å². The zero-order chi connectivity index (χ0) is 15.0. The molecule has 2 aromatic rings. The number of nitrogens with zero attached hydrogens (tertiary/aromatic N) is 2. The van der Waals surface area contributed by atoms with Crippen LogP contribution in [0.15, 0.2) is 28.7 Å². The molecule has 1 aliphatic carbocycles. The van der Waals surface area contributed by atoms with E-state index in [4.69, 9.17) is 0 Å². The second-order valence-corrected chi connectivity index (χ2v) is 6.70. The van der Waals surface area contributed by atoms with Gasteiger partial charge in [0.15, 0.2) is 0 Å². The summed E-state index contributed by atoms with van der Waals surface area (Å²) in [5.41, 5.74) is 3.71. The van der Waals surface area contributed by atoms with Gasteiger partial charge in [-0.05, 0) is 52.7 Å². The standard InChI is InChI=1S/C17H21BrN2O/c1-3-14-16(18)15(20(2)19-14)11-17(21)10-6-8-12-7-4-5-9-13(12)17/h4-5,7,9,21H,3,6,8,10-11H2,1-2H3. The molecule has 1 aromatic carbocycles. The zero-order valence-corrected chi connectivity index (χ0v) is 14.2. The van der Waals surface area contributed by atoms with Gasteiger partial charge in [-0.1, -0.05) is 31.2 Å². The van der Waals surface area contributed by atoms with Gasteiger partial charge in [-0.3, -0.25) is 4.68 Å². The highest BCUT2D eigenvalue weighted by Gasteiger charge is 2.36. The van der Waals surface area contributed by atoms with Gasteiger partial charge in [0.05, 0.1) is 21.5 Å². The summed E-state index contributed by atoms with van der Waals surface area (Å²) in [7, 11) is 1.96. The number of halogens is 1. The predicted molar refractivity (Wildman–Crippen MR) is 87.3 cm³/mol. The van der Waals surface area contributed by atoms with Gasteiger partial charge in [-0.2, -0.15) is 5.10 Å². The third-order valence-electron chi connectivity index (χ3n) is 4.52. The highest BCUT2D eigenvalue weighted by molar-refractivity contribution is 9.10. The average molecular weight is 349 g/mol. The van der Waals surface area contributed by atoms with Gasteiger partial charge >= 0.3 is 0 Å². The number of benzene rings is 1. The first-order chi connectivity index (χ1) is 10.0. The Bertz CT molecular complexity index is 665. The second-order valence-electron chi connectivity index (χ2n) is 5.90. The third kappa shape index (κ3) is 2.55. The van der Waals surface area contributed by atoms with Crippen molar-refractivity contribution in [1.29, 1.82) is 0 Å². The number of hydrogen-bond donors (Lipinski definition) is 1. The molecule has 1 heterocycles. The number of aryl methyl sites for hydroxylation is 3. The summed E-state index contributed by atoms with van der Waals surface area (Å²) in [5, 5.41) is 15.8. The van der Waals surface area contributed by atoms with Crippen LogP contribution >= 0.6 is 15.9 Å². The molecule has 3 nitrogen and oxygen atoms in total. The van der Waals surface area contributed by atoms with Gasteiger partial charge in [0, 0.05) is 13.5 Å². The molecule has 112 valence electrons. The van der Waals surface area contributed by atoms with Crippen LogP contribution < -0.4 is 0 Å². The van der Waals surface area contributed by atoms with Crippen LogP contribution in [0.1, 0.15) is 42.3 Å². The molecular formula is C17H21BrN2O. The van der Waals surface area contributed by atoms with E-state index in [-0.39, 0.29) is 0 Å².